The largest absolute Gasteiger partial charge is 0.368 e. The Morgan fingerprint density at radius 3 is 2.79 bits per heavy atom. The smallest absolute Gasteiger partial charge is 0.201 e. The fourth-order valence-corrected chi connectivity index (χ4v) is 2.08. The molecular formula is C14H17BrN2O2. The highest BCUT2D eigenvalue weighted by Gasteiger charge is 2.19. The lowest BCUT2D eigenvalue weighted by Gasteiger charge is -2.20. The molecule has 0 amide bonds. The summed E-state index contributed by atoms with van der Waals surface area (Å²) in [5.74, 6) is 0. The minimum absolute atomic E-state index is 0. The van der Waals surface area contributed by atoms with E-state index in [1.54, 1.807) is 0 Å². The maximum absolute atomic E-state index is 5.46. The summed E-state index contributed by atoms with van der Waals surface area (Å²) in [6.07, 6.45) is 8.02. The highest BCUT2D eigenvalue weighted by molar-refractivity contribution is 8.93. The molecule has 102 valence electrons. The molecule has 3 rings (SSSR count). The van der Waals surface area contributed by atoms with E-state index in [4.69, 9.17) is 9.47 Å². The topological polar surface area (TPSA) is 34.6 Å². The summed E-state index contributed by atoms with van der Waals surface area (Å²) in [4.78, 5) is 6.81. The van der Waals surface area contributed by atoms with Crippen LogP contribution in [0.2, 0.25) is 0 Å². The molecule has 1 saturated heterocycles. The molecule has 0 radical (unpaired) electrons. The normalized spacial score (nSPS) is 18.6. The summed E-state index contributed by atoms with van der Waals surface area (Å²) in [7, 11) is 0. The van der Waals surface area contributed by atoms with Gasteiger partial charge in [0, 0.05) is 6.54 Å². The average Bonchev–Trinajstić information content (AvgIpc) is 2.94. The molecule has 3 heterocycles. The molecule has 19 heavy (non-hydrogen) atoms. The van der Waals surface area contributed by atoms with Gasteiger partial charge >= 0.3 is 0 Å². The molecule has 0 spiro atoms. The summed E-state index contributed by atoms with van der Waals surface area (Å²) < 4.78 is 10.9. The van der Waals surface area contributed by atoms with Crippen molar-refractivity contribution in [3.8, 4) is 0 Å². The van der Waals surface area contributed by atoms with Crippen molar-refractivity contribution >= 4 is 17.0 Å². The van der Waals surface area contributed by atoms with E-state index >= 15 is 0 Å². The Labute approximate surface area is 123 Å². The van der Waals surface area contributed by atoms with Crippen LogP contribution in [0.15, 0.2) is 42.6 Å². The summed E-state index contributed by atoms with van der Waals surface area (Å²) in [6.45, 7) is 3.03. The first kappa shape index (κ1) is 14.2. The molecule has 1 fully saturated rings. The Bertz CT molecular complexity index is 470. The van der Waals surface area contributed by atoms with Crippen molar-refractivity contribution in [3.63, 3.8) is 0 Å². The summed E-state index contributed by atoms with van der Waals surface area (Å²) in [5, 5.41) is 0. The standard InChI is InChI=1S/C14H16N2O2.BrH/c1-2-7-16(8-3-1)11-12-5-4-6-13(15-12)14-17-9-10-18-14;/h1-7,14H,8-11H2;1H. The van der Waals surface area contributed by atoms with E-state index in [9.17, 15) is 0 Å². The molecule has 2 aliphatic heterocycles. The lowest BCUT2D eigenvalue weighted by atomic mass is 10.2. The number of allylic oxidation sites excluding steroid dienone is 2. The molecule has 1 aromatic rings. The second kappa shape index (κ2) is 6.84. The summed E-state index contributed by atoms with van der Waals surface area (Å²) >= 11 is 0. The monoisotopic (exact) mass is 324 g/mol. The Kier molecular flexibility index (Phi) is 5.13. The van der Waals surface area contributed by atoms with Crippen molar-refractivity contribution in [1.29, 1.82) is 0 Å². The fourth-order valence-electron chi connectivity index (χ4n) is 2.08. The van der Waals surface area contributed by atoms with Crippen LogP contribution in [0, 0.1) is 0 Å². The Morgan fingerprint density at radius 2 is 2.05 bits per heavy atom. The third-order valence-corrected chi connectivity index (χ3v) is 2.94. The molecule has 0 saturated carbocycles. The molecular weight excluding hydrogens is 308 g/mol. The predicted molar refractivity (Wildman–Crippen MR) is 77.9 cm³/mol. The van der Waals surface area contributed by atoms with Crippen molar-refractivity contribution in [2.24, 2.45) is 0 Å². The van der Waals surface area contributed by atoms with E-state index in [1.807, 2.05) is 24.3 Å². The van der Waals surface area contributed by atoms with Crippen LogP contribution in [0.5, 0.6) is 0 Å². The van der Waals surface area contributed by atoms with E-state index in [2.05, 4.69) is 28.2 Å². The first-order chi connectivity index (χ1) is 8.92. The zero-order valence-electron chi connectivity index (χ0n) is 10.6. The van der Waals surface area contributed by atoms with Crippen molar-refractivity contribution in [3.05, 3.63) is 54.0 Å². The predicted octanol–water partition coefficient (Wildman–Crippen LogP) is 2.59. The number of hydrogen-bond donors (Lipinski definition) is 0. The van der Waals surface area contributed by atoms with Crippen LogP contribution >= 0.6 is 17.0 Å². The van der Waals surface area contributed by atoms with Crippen LogP contribution in [0.3, 0.4) is 0 Å². The lowest BCUT2D eigenvalue weighted by molar-refractivity contribution is -0.0474. The zero-order chi connectivity index (χ0) is 12.2. The van der Waals surface area contributed by atoms with E-state index in [1.165, 1.54) is 0 Å². The van der Waals surface area contributed by atoms with Gasteiger partial charge in [0.05, 0.1) is 31.1 Å². The third kappa shape index (κ3) is 3.65. The van der Waals surface area contributed by atoms with Gasteiger partial charge in [-0.05, 0) is 24.4 Å². The summed E-state index contributed by atoms with van der Waals surface area (Å²) in [6, 6.07) is 5.99. The van der Waals surface area contributed by atoms with Gasteiger partial charge in [-0.2, -0.15) is 0 Å². The lowest BCUT2D eigenvalue weighted by Crippen LogP contribution is -2.19. The summed E-state index contributed by atoms with van der Waals surface area (Å²) in [5.41, 5.74) is 1.90. The number of aromatic nitrogens is 1. The van der Waals surface area contributed by atoms with Gasteiger partial charge in [0.2, 0.25) is 6.29 Å². The van der Waals surface area contributed by atoms with Gasteiger partial charge in [-0.25, -0.2) is 0 Å². The Morgan fingerprint density at radius 1 is 1.21 bits per heavy atom. The van der Waals surface area contributed by atoms with Crippen LogP contribution in [-0.4, -0.2) is 29.6 Å². The fraction of sp³-hybridized carbons (Fsp3) is 0.357. The molecule has 0 unspecified atom stereocenters. The third-order valence-electron chi connectivity index (χ3n) is 2.94. The Hall–Kier alpha value is -1.17. The van der Waals surface area contributed by atoms with Gasteiger partial charge in [-0.15, -0.1) is 17.0 Å². The number of ether oxygens (including phenoxy) is 2. The second-order valence-electron chi connectivity index (χ2n) is 4.33. The van der Waals surface area contributed by atoms with E-state index in [0.29, 0.717) is 13.2 Å². The molecule has 0 N–H and O–H groups in total. The first-order valence-electron chi connectivity index (χ1n) is 6.18. The highest BCUT2D eigenvalue weighted by atomic mass is 79.9. The van der Waals surface area contributed by atoms with Crippen LogP contribution in [0.1, 0.15) is 17.7 Å². The second-order valence-corrected chi connectivity index (χ2v) is 4.33. The average molecular weight is 325 g/mol. The SMILES string of the molecule is Br.C1=CCN(Cc2cccc(C3OCCO3)n2)C=C1. The molecule has 0 bridgehead atoms. The van der Waals surface area contributed by atoms with Crippen molar-refractivity contribution in [1.82, 2.24) is 9.88 Å². The van der Waals surface area contributed by atoms with Crippen LogP contribution < -0.4 is 0 Å². The minimum atomic E-state index is -0.290. The molecule has 5 heteroatoms. The van der Waals surface area contributed by atoms with Crippen molar-refractivity contribution < 1.29 is 9.47 Å². The van der Waals surface area contributed by atoms with Gasteiger partial charge < -0.3 is 14.4 Å². The number of halogens is 1. The number of pyridine rings is 1. The molecule has 0 aliphatic carbocycles. The maximum Gasteiger partial charge on any atom is 0.201 e. The van der Waals surface area contributed by atoms with E-state index < -0.39 is 0 Å². The molecule has 0 aromatic carbocycles. The first-order valence-corrected chi connectivity index (χ1v) is 6.18. The minimum Gasteiger partial charge on any atom is -0.368 e. The molecule has 4 nitrogen and oxygen atoms in total. The number of nitrogens with zero attached hydrogens (tertiary/aromatic N) is 2. The van der Waals surface area contributed by atoms with Gasteiger partial charge in [0.15, 0.2) is 0 Å². The molecule has 1 aromatic heterocycles. The van der Waals surface area contributed by atoms with E-state index in [0.717, 1.165) is 24.5 Å². The van der Waals surface area contributed by atoms with Gasteiger partial charge in [-0.3, -0.25) is 4.98 Å². The van der Waals surface area contributed by atoms with Gasteiger partial charge in [0.25, 0.3) is 0 Å². The van der Waals surface area contributed by atoms with Gasteiger partial charge in [0.1, 0.15) is 0 Å². The van der Waals surface area contributed by atoms with Gasteiger partial charge in [-0.1, -0.05) is 18.2 Å². The number of hydrogen-bond acceptors (Lipinski definition) is 4. The zero-order valence-corrected chi connectivity index (χ0v) is 12.3. The maximum atomic E-state index is 5.46. The van der Waals surface area contributed by atoms with Crippen LogP contribution in [0.25, 0.3) is 0 Å². The van der Waals surface area contributed by atoms with Crippen molar-refractivity contribution in [2.45, 2.75) is 12.8 Å². The Balaban J connectivity index is 0.00000133. The molecule has 2 aliphatic rings. The van der Waals surface area contributed by atoms with Crippen molar-refractivity contribution in [2.75, 3.05) is 19.8 Å². The highest BCUT2D eigenvalue weighted by Crippen LogP contribution is 2.21. The molecule has 0 atom stereocenters. The van der Waals surface area contributed by atoms with Crippen LogP contribution in [0.4, 0.5) is 0 Å². The van der Waals surface area contributed by atoms with E-state index in [-0.39, 0.29) is 23.3 Å². The van der Waals surface area contributed by atoms with Crippen LogP contribution in [-0.2, 0) is 16.0 Å². The number of rotatable bonds is 3. The quantitative estimate of drug-likeness (QED) is 0.856.